The molecule has 6 nitrogen and oxygen atoms in total. The first-order valence-electron chi connectivity index (χ1n) is 7.81. The first-order valence-corrected chi connectivity index (χ1v) is 10.2. The number of nitrogens with zero attached hydrogens (tertiary/aromatic N) is 3. The second-order valence-corrected chi connectivity index (χ2v) is 10.1. The van der Waals surface area contributed by atoms with Crippen LogP contribution in [0.25, 0.3) is 4.96 Å². The number of hydrogen-bond acceptors (Lipinski definition) is 5. The average Bonchev–Trinajstić information content (AvgIpc) is 2.94. The van der Waals surface area contributed by atoms with E-state index in [4.69, 9.17) is 5.14 Å². The number of rotatable bonds is 2. The van der Waals surface area contributed by atoms with E-state index in [9.17, 15) is 8.42 Å². The summed E-state index contributed by atoms with van der Waals surface area (Å²) in [6, 6.07) is 0. The van der Waals surface area contributed by atoms with Crippen molar-refractivity contribution in [3.63, 3.8) is 0 Å². The summed E-state index contributed by atoms with van der Waals surface area (Å²) in [7, 11) is -3.76. The highest BCUT2D eigenvalue weighted by atomic mass is 32.2. The molecule has 2 heterocycles. The number of nitrogens with two attached hydrogens (primary N) is 1. The third kappa shape index (κ3) is 1.77. The first-order chi connectivity index (χ1) is 10.4. The van der Waals surface area contributed by atoms with Crippen molar-refractivity contribution in [3.05, 3.63) is 11.9 Å². The van der Waals surface area contributed by atoms with E-state index in [0.717, 1.165) is 34.8 Å². The topological polar surface area (TPSA) is 90.4 Å². The summed E-state index contributed by atoms with van der Waals surface area (Å²) in [6.07, 6.45) is 9.65. The highest BCUT2D eigenvalue weighted by molar-refractivity contribution is 7.91. The molecule has 2 N–H and O–H groups in total. The molecule has 2 aromatic heterocycles. The van der Waals surface area contributed by atoms with E-state index in [0.29, 0.717) is 4.96 Å². The van der Waals surface area contributed by atoms with E-state index in [2.05, 4.69) is 10.1 Å². The number of imidazole rings is 1. The van der Waals surface area contributed by atoms with Crippen molar-refractivity contribution < 1.29 is 8.42 Å². The van der Waals surface area contributed by atoms with Crippen LogP contribution in [0.2, 0.25) is 0 Å². The smallest absolute Gasteiger partial charge is 0.226 e. The molecular formula is C14H18N4O2S2. The summed E-state index contributed by atoms with van der Waals surface area (Å²) in [4.78, 5) is 5.04. The SMILES string of the molecule is NS(=O)(=O)c1nn2c(C34CC5CC(CC(C5)C3)C4)cnc2s1. The fourth-order valence-electron chi connectivity index (χ4n) is 5.58. The summed E-state index contributed by atoms with van der Waals surface area (Å²) in [6.45, 7) is 0. The molecule has 0 radical (unpaired) electrons. The first kappa shape index (κ1) is 13.4. The largest absolute Gasteiger partial charge is 0.267 e. The molecule has 4 aliphatic carbocycles. The Kier molecular flexibility index (Phi) is 2.50. The molecule has 0 amide bonds. The Morgan fingerprint density at radius 1 is 1.18 bits per heavy atom. The molecule has 0 saturated heterocycles. The maximum atomic E-state index is 11.5. The monoisotopic (exact) mass is 338 g/mol. The molecule has 118 valence electrons. The highest BCUT2D eigenvalue weighted by Crippen LogP contribution is 2.60. The van der Waals surface area contributed by atoms with Crippen LogP contribution >= 0.6 is 11.3 Å². The predicted molar refractivity (Wildman–Crippen MR) is 82.1 cm³/mol. The fourth-order valence-corrected chi connectivity index (χ4v) is 7.07. The van der Waals surface area contributed by atoms with Gasteiger partial charge in [-0.05, 0) is 56.3 Å². The molecule has 0 aliphatic heterocycles. The Balaban J connectivity index is 1.66. The van der Waals surface area contributed by atoms with Crippen LogP contribution in [-0.2, 0) is 15.4 Å². The van der Waals surface area contributed by atoms with Crippen molar-refractivity contribution in [1.29, 1.82) is 0 Å². The van der Waals surface area contributed by atoms with Crippen LogP contribution in [0, 0.1) is 17.8 Å². The molecule has 0 spiro atoms. The average molecular weight is 338 g/mol. The van der Waals surface area contributed by atoms with E-state index in [1.165, 1.54) is 38.5 Å². The van der Waals surface area contributed by atoms with Crippen molar-refractivity contribution in [1.82, 2.24) is 14.6 Å². The van der Waals surface area contributed by atoms with Crippen LogP contribution in [0.1, 0.15) is 44.2 Å². The van der Waals surface area contributed by atoms with E-state index in [-0.39, 0.29) is 9.75 Å². The number of sulfonamides is 1. The fraction of sp³-hybridized carbons (Fsp3) is 0.714. The molecule has 0 aromatic carbocycles. The lowest BCUT2D eigenvalue weighted by Crippen LogP contribution is -2.49. The van der Waals surface area contributed by atoms with Gasteiger partial charge in [0, 0.05) is 5.41 Å². The lowest BCUT2D eigenvalue weighted by atomic mass is 9.49. The van der Waals surface area contributed by atoms with Gasteiger partial charge in [-0.15, -0.1) is 5.10 Å². The van der Waals surface area contributed by atoms with Gasteiger partial charge in [0.25, 0.3) is 10.0 Å². The molecule has 8 heteroatoms. The van der Waals surface area contributed by atoms with E-state index in [1.807, 2.05) is 6.20 Å². The molecule has 2 aromatic rings. The van der Waals surface area contributed by atoms with Crippen molar-refractivity contribution in [2.24, 2.45) is 22.9 Å². The van der Waals surface area contributed by atoms with Gasteiger partial charge in [0.15, 0.2) is 0 Å². The van der Waals surface area contributed by atoms with E-state index in [1.54, 1.807) is 4.52 Å². The second-order valence-electron chi connectivity index (χ2n) is 7.45. The molecule has 4 saturated carbocycles. The van der Waals surface area contributed by atoms with Crippen LogP contribution in [0.5, 0.6) is 0 Å². The molecule has 22 heavy (non-hydrogen) atoms. The quantitative estimate of drug-likeness (QED) is 0.905. The van der Waals surface area contributed by atoms with Crippen LogP contribution in [0.15, 0.2) is 10.5 Å². The summed E-state index contributed by atoms with van der Waals surface area (Å²) in [5.41, 5.74) is 1.26. The van der Waals surface area contributed by atoms with E-state index < -0.39 is 10.0 Å². The number of hydrogen-bond donors (Lipinski definition) is 1. The molecule has 0 unspecified atom stereocenters. The van der Waals surface area contributed by atoms with Crippen molar-refractivity contribution in [2.45, 2.75) is 48.3 Å². The lowest BCUT2D eigenvalue weighted by molar-refractivity contribution is -0.00801. The third-order valence-corrected chi connectivity index (χ3v) is 8.12. The number of primary sulfonamides is 1. The summed E-state index contributed by atoms with van der Waals surface area (Å²) in [5.74, 6) is 2.48. The molecule has 4 aliphatic rings. The van der Waals surface area contributed by atoms with Gasteiger partial charge in [-0.1, -0.05) is 11.3 Å². The Labute approximate surface area is 132 Å². The number of aromatic nitrogens is 3. The standard InChI is InChI=1S/C14H18N4O2S2/c15-22(19,20)13-17-18-11(7-16-12(18)21-13)14-4-8-1-9(5-14)3-10(2-8)6-14/h7-10H,1-6H2,(H2,15,19,20). The van der Waals surface area contributed by atoms with Gasteiger partial charge in [0.1, 0.15) is 0 Å². The van der Waals surface area contributed by atoms with Crippen molar-refractivity contribution in [2.75, 3.05) is 0 Å². The Hall–Kier alpha value is -0.990. The molecular weight excluding hydrogens is 320 g/mol. The van der Waals surface area contributed by atoms with Gasteiger partial charge in [-0.3, -0.25) is 0 Å². The second kappa shape index (κ2) is 4.10. The van der Waals surface area contributed by atoms with Gasteiger partial charge in [-0.2, -0.15) is 0 Å². The Bertz CT molecular complexity index is 831. The Morgan fingerprint density at radius 2 is 1.77 bits per heavy atom. The van der Waals surface area contributed by atoms with Gasteiger partial charge in [0.05, 0.1) is 11.9 Å². The van der Waals surface area contributed by atoms with Crippen molar-refractivity contribution >= 4 is 26.3 Å². The van der Waals surface area contributed by atoms with Crippen LogP contribution < -0.4 is 5.14 Å². The van der Waals surface area contributed by atoms with Crippen molar-refractivity contribution in [3.8, 4) is 0 Å². The number of fused-ring (bicyclic) bond motifs is 1. The van der Waals surface area contributed by atoms with Gasteiger partial charge >= 0.3 is 0 Å². The summed E-state index contributed by atoms with van der Waals surface area (Å²) < 4.78 is 24.8. The zero-order valence-corrected chi connectivity index (χ0v) is 13.7. The maximum absolute atomic E-state index is 11.5. The maximum Gasteiger partial charge on any atom is 0.267 e. The van der Waals surface area contributed by atoms with Gasteiger partial charge in [0.2, 0.25) is 9.30 Å². The van der Waals surface area contributed by atoms with Gasteiger partial charge in [-0.25, -0.2) is 23.1 Å². The third-order valence-electron chi connectivity index (χ3n) is 5.89. The predicted octanol–water partition coefficient (Wildman–Crippen LogP) is 1.91. The molecule has 4 bridgehead atoms. The lowest BCUT2D eigenvalue weighted by Gasteiger charge is -2.56. The summed E-state index contributed by atoms with van der Waals surface area (Å²) in [5, 5.41) is 9.48. The van der Waals surface area contributed by atoms with Gasteiger partial charge < -0.3 is 0 Å². The van der Waals surface area contributed by atoms with Crippen LogP contribution in [-0.4, -0.2) is 23.0 Å². The molecule has 4 fully saturated rings. The Morgan fingerprint density at radius 3 is 2.32 bits per heavy atom. The van der Waals surface area contributed by atoms with Crippen LogP contribution in [0.3, 0.4) is 0 Å². The minimum atomic E-state index is -3.76. The normalized spacial score (nSPS) is 37.2. The zero-order valence-electron chi connectivity index (χ0n) is 12.1. The van der Waals surface area contributed by atoms with Crippen LogP contribution in [0.4, 0.5) is 0 Å². The van der Waals surface area contributed by atoms with E-state index >= 15 is 0 Å². The molecule has 6 rings (SSSR count). The minimum Gasteiger partial charge on any atom is -0.226 e. The zero-order chi connectivity index (χ0) is 15.1. The minimum absolute atomic E-state index is 0.0402. The molecule has 0 atom stereocenters. The highest BCUT2D eigenvalue weighted by Gasteiger charge is 2.53. The summed E-state index contributed by atoms with van der Waals surface area (Å²) >= 11 is 1.06.